The van der Waals surface area contributed by atoms with Crippen molar-refractivity contribution in [3.63, 3.8) is 0 Å². The number of piperidine rings is 1. The minimum absolute atomic E-state index is 0.0422. The number of likely N-dealkylation sites (tertiary alicyclic amines) is 1. The maximum absolute atomic E-state index is 13.2. The van der Waals surface area contributed by atoms with Gasteiger partial charge in [0.1, 0.15) is 11.6 Å². The molecule has 1 spiro atoms. The molecule has 2 aliphatic heterocycles. The third-order valence-electron chi connectivity index (χ3n) is 6.54. The maximum atomic E-state index is 13.2. The molecule has 32 heavy (non-hydrogen) atoms. The summed E-state index contributed by atoms with van der Waals surface area (Å²) in [6, 6.07) is 13.0. The first-order valence-electron chi connectivity index (χ1n) is 10.8. The highest BCUT2D eigenvalue weighted by Gasteiger charge is 2.46. The van der Waals surface area contributed by atoms with E-state index in [0.29, 0.717) is 50.2 Å². The van der Waals surface area contributed by atoms with Crippen LogP contribution < -0.4 is 9.64 Å². The molecule has 0 atom stereocenters. The second-order valence-electron chi connectivity index (χ2n) is 8.33. The number of hydrogen-bond donors (Lipinski definition) is 0. The molecule has 0 unspecified atom stereocenters. The topological polar surface area (TPSA) is 80.6 Å². The van der Waals surface area contributed by atoms with Crippen LogP contribution in [-0.4, -0.2) is 51.7 Å². The average Bonchev–Trinajstić information content (AvgIpc) is 3.33. The molecule has 1 aromatic carbocycles. The standard InChI is InChI=1S/C24H25N5O3/c1-32-20-5-3-2-4-19(20)23(31)27-14-9-24(10-15-27)16-22(30)28(21-8-13-26-29(21)24)17-18-6-11-25-12-7-18/h2-8,11-13H,9-10,14-17H2,1H3. The molecule has 0 aliphatic carbocycles. The number of carbonyl (C=O) groups is 2. The van der Waals surface area contributed by atoms with Gasteiger partial charge in [-0.15, -0.1) is 0 Å². The zero-order valence-corrected chi connectivity index (χ0v) is 18.0. The van der Waals surface area contributed by atoms with E-state index in [1.807, 2.05) is 39.9 Å². The van der Waals surface area contributed by atoms with Crippen LogP contribution in [0.2, 0.25) is 0 Å². The zero-order chi connectivity index (χ0) is 22.1. The highest BCUT2D eigenvalue weighted by molar-refractivity contribution is 5.97. The minimum atomic E-state index is -0.401. The van der Waals surface area contributed by atoms with Crippen LogP contribution in [0.3, 0.4) is 0 Å². The van der Waals surface area contributed by atoms with Gasteiger partial charge in [-0.05, 0) is 42.7 Å². The van der Waals surface area contributed by atoms with Gasteiger partial charge in [0.25, 0.3) is 5.91 Å². The van der Waals surface area contributed by atoms with Crippen molar-refractivity contribution < 1.29 is 14.3 Å². The molecule has 8 heteroatoms. The summed E-state index contributed by atoms with van der Waals surface area (Å²) >= 11 is 0. The predicted octanol–water partition coefficient (Wildman–Crippen LogP) is 2.86. The smallest absolute Gasteiger partial charge is 0.257 e. The van der Waals surface area contributed by atoms with Gasteiger partial charge < -0.3 is 9.64 Å². The number of fused-ring (bicyclic) bond motifs is 2. The first-order valence-corrected chi connectivity index (χ1v) is 10.8. The Morgan fingerprint density at radius 3 is 2.56 bits per heavy atom. The number of para-hydroxylation sites is 1. The normalized spacial score (nSPS) is 17.3. The summed E-state index contributed by atoms with van der Waals surface area (Å²) in [7, 11) is 1.57. The molecule has 2 aromatic heterocycles. The molecule has 4 heterocycles. The lowest BCUT2D eigenvalue weighted by atomic mass is 9.82. The Kier molecular flexibility index (Phi) is 5.13. The zero-order valence-electron chi connectivity index (χ0n) is 18.0. The highest BCUT2D eigenvalue weighted by Crippen LogP contribution is 2.41. The molecule has 0 N–H and O–H groups in total. The summed E-state index contributed by atoms with van der Waals surface area (Å²) in [5.74, 6) is 1.42. The number of hydrogen-bond acceptors (Lipinski definition) is 5. The molecule has 1 saturated heterocycles. The van der Waals surface area contributed by atoms with Crippen molar-refractivity contribution in [3.05, 3.63) is 72.2 Å². The lowest BCUT2D eigenvalue weighted by Crippen LogP contribution is -2.54. The molecule has 0 saturated carbocycles. The summed E-state index contributed by atoms with van der Waals surface area (Å²) in [6.45, 7) is 1.61. The van der Waals surface area contributed by atoms with Gasteiger partial charge >= 0.3 is 0 Å². The molecule has 2 amide bonds. The van der Waals surface area contributed by atoms with Gasteiger partial charge in [-0.25, -0.2) is 4.68 Å². The van der Waals surface area contributed by atoms with E-state index in [0.717, 1.165) is 11.4 Å². The summed E-state index contributed by atoms with van der Waals surface area (Å²) in [5, 5.41) is 4.60. The van der Waals surface area contributed by atoms with E-state index in [-0.39, 0.29) is 11.8 Å². The Morgan fingerprint density at radius 1 is 1.06 bits per heavy atom. The van der Waals surface area contributed by atoms with Crippen LogP contribution in [0.25, 0.3) is 0 Å². The molecule has 5 rings (SSSR count). The van der Waals surface area contributed by atoms with E-state index in [9.17, 15) is 9.59 Å². The minimum Gasteiger partial charge on any atom is -0.496 e. The van der Waals surface area contributed by atoms with Crippen LogP contribution in [0.4, 0.5) is 5.82 Å². The first kappa shape index (κ1) is 20.2. The number of methoxy groups -OCH3 is 1. The van der Waals surface area contributed by atoms with E-state index in [1.54, 1.807) is 42.7 Å². The van der Waals surface area contributed by atoms with E-state index >= 15 is 0 Å². The summed E-state index contributed by atoms with van der Waals surface area (Å²) in [5.41, 5.74) is 1.19. The Hall–Kier alpha value is -3.68. The van der Waals surface area contributed by atoms with E-state index in [1.165, 1.54) is 0 Å². The fourth-order valence-electron chi connectivity index (χ4n) is 4.79. The van der Waals surface area contributed by atoms with Gasteiger partial charge in [0.2, 0.25) is 5.91 Å². The van der Waals surface area contributed by atoms with Crippen LogP contribution in [0.15, 0.2) is 61.1 Å². The fraction of sp³-hybridized carbons (Fsp3) is 0.333. The van der Waals surface area contributed by atoms with Gasteiger partial charge in [0, 0.05) is 31.5 Å². The molecular formula is C24H25N5O3. The SMILES string of the molecule is COc1ccccc1C(=O)N1CCC2(CC1)CC(=O)N(Cc1ccncc1)c1ccnn12. The van der Waals surface area contributed by atoms with Gasteiger partial charge in [-0.1, -0.05) is 12.1 Å². The van der Waals surface area contributed by atoms with Gasteiger partial charge in [0.15, 0.2) is 0 Å². The van der Waals surface area contributed by atoms with Crippen molar-refractivity contribution in [2.75, 3.05) is 25.1 Å². The van der Waals surface area contributed by atoms with E-state index in [2.05, 4.69) is 10.1 Å². The molecule has 164 valence electrons. The Morgan fingerprint density at radius 2 is 1.81 bits per heavy atom. The number of ether oxygens (including phenoxy) is 1. The number of rotatable bonds is 4. The largest absolute Gasteiger partial charge is 0.496 e. The second-order valence-corrected chi connectivity index (χ2v) is 8.33. The van der Waals surface area contributed by atoms with E-state index < -0.39 is 5.54 Å². The molecule has 2 aliphatic rings. The van der Waals surface area contributed by atoms with Crippen molar-refractivity contribution in [2.24, 2.45) is 0 Å². The van der Waals surface area contributed by atoms with Crippen molar-refractivity contribution in [1.29, 1.82) is 0 Å². The Bertz CT molecular complexity index is 1140. The van der Waals surface area contributed by atoms with Crippen LogP contribution in [-0.2, 0) is 16.9 Å². The maximum Gasteiger partial charge on any atom is 0.257 e. The first-order chi connectivity index (χ1) is 15.6. The third kappa shape index (κ3) is 3.41. The fourth-order valence-corrected chi connectivity index (χ4v) is 4.79. The van der Waals surface area contributed by atoms with Gasteiger partial charge in [0.05, 0.1) is 37.4 Å². The van der Waals surface area contributed by atoms with Crippen molar-refractivity contribution in [1.82, 2.24) is 19.7 Å². The molecule has 3 aromatic rings. The summed E-state index contributed by atoms with van der Waals surface area (Å²) in [4.78, 5) is 34.0. The Balaban J connectivity index is 1.36. The summed E-state index contributed by atoms with van der Waals surface area (Å²) < 4.78 is 7.36. The predicted molar refractivity (Wildman–Crippen MR) is 118 cm³/mol. The Labute approximate surface area is 186 Å². The number of anilines is 1. The number of aromatic nitrogens is 3. The van der Waals surface area contributed by atoms with Crippen molar-refractivity contribution in [2.45, 2.75) is 31.3 Å². The van der Waals surface area contributed by atoms with Gasteiger partial charge in [-0.2, -0.15) is 5.10 Å². The summed E-state index contributed by atoms with van der Waals surface area (Å²) in [6.07, 6.45) is 6.95. The van der Waals surface area contributed by atoms with Crippen molar-refractivity contribution >= 4 is 17.6 Å². The number of benzene rings is 1. The number of nitrogens with zero attached hydrogens (tertiary/aromatic N) is 5. The van der Waals surface area contributed by atoms with E-state index in [4.69, 9.17) is 4.74 Å². The van der Waals surface area contributed by atoms with Crippen LogP contribution >= 0.6 is 0 Å². The number of carbonyl (C=O) groups excluding carboxylic acids is 2. The molecule has 0 bridgehead atoms. The quantitative estimate of drug-likeness (QED) is 0.635. The average molecular weight is 431 g/mol. The number of amides is 2. The van der Waals surface area contributed by atoms with Crippen molar-refractivity contribution in [3.8, 4) is 5.75 Å². The van der Waals surface area contributed by atoms with Crippen LogP contribution in [0.1, 0.15) is 35.2 Å². The second kappa shape index (κ2) is 8.11. The highest BCUT2D eigenvalue weighted by atomic mass is 16.5. The van der Waals surface area contributed by atoms with Crippen LogP contribution in [0, 0.1) is 0 Å². The lowest BCUT2D eigenvalue weighted by Gasteiger charge is -2.46. The monoisotopic (exact) mass is 431 g/mol. The van der Waals surface area contributed by atoms with Crippen LogP contribution in [0.5, 0.6) is 5.75 Å². The molecular weight excluding hydrogens is 406 g/mol. The number of pyridine rings is 1. The third-order valence-corrected chi connectivity index (χ3v) is 6.54. The van der Waals surface area contributed by atoms with Gasteiger partial charge in [-0.3, -0.25) is 19.5 Å². The lowest BCUT2D eigenvalue weighted by molar-refractivity contribution is -0.123. The molecule has 0 radical (unpaired) electrons. The molecule has 8 nitrogen and oxygen atoms in total. The molecule has 1 fully saturated rings.